The monoisotopic (exact) mass is 307 g/mol. The van der Waals surface area contributed by atoms with Gasteiger partial charge < -0.3 is 10.4 Å². The van der Waals surface area contributed by atoms with Crippen molar-refractivity contribution in [1.82, 2.24) is 14.7 Å². The first-order valence-electron chi connectivity index (χ1n) is 6.44. The molecule has 0 aliphatic heterocycles. The van der Waals surface area contributed by atoms with Crippen LogP contribution in [0.4, 0.5) is 0 Å². The van der Waals surface area contributed by atoms with Gasteiger partial charge in [-0.1, -0.05) is 0 Å². The molecule has 1 aliphatic carbocycles. The molecule has 2 heterocycles. The maximum Gasteiger partial charge on any atom is 0.329 e. The molecule has 110 valence electrons. The molecule has 1 saturated carbocycles. The van der Waals surface area contributed by atoms with Gasteiger partial charge in [0.15, 0.2) is 4.96 Å². The Balaban J connectivity index is 1.95. The summed E-state index contributed by atoms with van der Waals surface area (Å²) in [5, 5.41) is 13.5. The van der Waals surface area contributed by atoms with Crippen molar-refractivity contribution >= 4 is 28.2 Å². The second-order valence-electron chi connectivity index (χ2n) is 5.27. The van der Waals surface area contributed by atoms with Crippen LogP contribution in [0.25, 0.3) is 4.96 Å². The number of carboxylic acid groups (broad SMARTS) is 1. The number of nitrogens with one attached hydrogen (secondary N) is 1. The lowest BCUT2D eigenvalue weighted by Crippen LogP contribution is -2.54. The lowest BCUT2D eigenvalue weighted by Gasteiger charge is -2.25. The third-order valence-corrected chi connectivity index (χ3v) is 4.57. The van der Waals surface area contributed by atoms with Crippen molar-refractivity contribution < 1.29 is 14.7 Å². The van der Waals surface area contributed by atoms with Crippen molar-refractivity contribution in [2.45, 2.75) is 25.3 Å². The molecule has 1 unspecified atom stereocenters. The Kier molecular flexibility index (Phi) is 3.05. The Morgan fingerprint density at radius 3 is 2.86 bits per heavy atom. The summed E-state index contributed by atoms with van der Waals surface area (Å²) in [5.74, 6) is -1.90. The number of aliphatic carboxylic acids is 1. The van der Waals surface area contributed by atoms with Gasteiger partial charge in [0.1, 0.15) is 11.1 Å². The number of hydrogen-bond donors (Lipinski definition) is 2. The van der Waals surface area contributed by atoms with Crippen molar-refractivity contribution in [1.29, 1.82) is 0 Å². The highest BCUT2D eigenvalue weighted by atomic mass is 32.1. The number of fused-ring (bicyclic) bond motifs is 1. The minimum Gasteiger partial charge on any atom is -0.480 e. The molecule has 8 heteroatoms. The van der Waals surface area contributed by atoms with Crippen LogP contribution in [0.15, 0.2) is 22.6 Å². The molecule has 0 bridgehead atoms. The van der Waals surface area contributed by atoms with Crippen LogP contribution < -0.4 is 10.9 Å². The zero-order valence-electron chi connectivity index (χ0n) is 11.2. The van der Waals surface area contributed by atoms with E-state index in [0.717, 1.165) is 12.8 Å². The van der Waals surface area contributed by atoms with Crippen molar-refractivity contribution in [3.63, 3.8) is 0 Å². The maximum atomic E-state index is 12.3. The van der Waals surface area contributed by atoms with Gasteiger partial charge in [0, 0.05) is 17.8 Å². The Hall–Kier alpha value is -2.22. The molecule has 0 radical (unpaired) electrons. The molecule has 21 heavy (non-hydrogen) atoms. The third-order valence-electron chi connectivity index (χ3n) is 3.80. The van der Waals surface area contributed by atoms with Gasteiger partial charge in [-0.2, -0.15) is 0 Å². The molecule has 1 amide bonds. The molecule has 1 aliphatic rings. The highest BCUT2D eigenvalue weighted by Gasteiger charge is 2.48. The van der Waals surface area contributed by atoms with E-state index in [1.54, 1.807) is 5.38 Å². The van der Waals surface area contributed by atoms with Gasteiger partial charge in [-0.25, -0.2) is 9.78 Å². The van der Waals surface area contributed by atoms with Gasteiger partial charge in [0.05, 0.1) is 0 Å². The molecule has 7 nitrogen and oxygen atoms in total. The standard InChI is InChI=1S/C13H13N3O4S/c1-13(11(19)20,7-2-3-7)15-9(17)8-6-14-12-16(10(8)18)4-5-21-12/h4-7H,2-3H2,1H3,(H,15,17)(H,19,20). The van der Waals surface area contributed by atoms with Crippen molar-refractivity contribution in [2.75, 3.05) is 0 Å². The van der Waals surface area contributed by atoms with Crippen LogP contribution in [0.5, 0.6) is 0 Å². The molecule has 1 atom stereocenters. The molecular weight excluding hydrogens is 294 g/mol. The Morgan fingerprint density at radius 1 is 1.52 bits per heavy atom. The van der Waals surface area contributed by atoms with E-state index < -0.39 is 23.0 Å². The minimum absolute atomic E-state index is 0.0976. The fourth-order valence-corrected chi connectivity index (χ4v) is 2.95. The first kappa shape index (κ1) is 13.7. The lowest BCUT2D eigenvalue weighted by atomic mass is 9.95. The Bertz CT molecular complexity index is 792. The molecule has 2 N–H and O–H groups in total. The zero-order valence-corrected chi connectivity index (χ0v) is 12.0. The summed E-state index contributed by atoms with van der Waals surface area (Å²) in [6.07, 6.45) is 4.23. The summed E-state index contributed by atoms with van der Waals surface area (Å²) < 4.78 is 1.27. The van der Waals surface area contributed by atoms with E-state index in [0.29, 0.717) is 4.96 Å². The minimum atomic E-state index is -1.35. The van der Waals surface area contributed by atoms with Gasteiger partial charge in [-0.3, -0.25) is 14.0 Å². The SMILES string of the molecule is CC(NC(=O)c1cnc2sccn2c1=O)(C(=O)O)C1CC1. The average molecular weight is 307 g/mol. The van der Waals surface area contributed by atoms with Crippen molar-refractivity contribution in [3.05, 3.63) is 33.7 Å². The molecule has 2 aromatic heterocycles. The summed E-state index contributed by atoms with van der Waals surface area (Å²) in [4.78, 5) is 40.4. The smallest absolute Gasteiger partial charge is 0.329 e. The number of hydrogen-bond acceptors (Lipinski definition) is 5. The number of thiazole rings is 1. The normalized spacial score (nSPS) is 17.4. The van der Waals surface area contributed by atoms with Crippen LogP contribution in [0.3, 0.4) is 0 Å². The number of carbonyl (C=O) groups is 2. The first-order chi connectivity index (χ1) is 9.93. The predicted octanol–water partition coefficient (Wildman–Crippen LogP) is 0.739. The van der Waals surface area contributed by atoms with Gasteiger partial charge in [-0.05, 0) is 25.7 Å². The highest BCUT2D eigenvalue weighted by Crippen LogP contribution is 2.39. The molecule has 2 aromatic rings. The second kappa shape index (κ2) is 4.66. The van der Waals surface area contributed by atoms with Gasteiger partial charge in [-0.15, -0.1) is 11.3 Å². The van der Waals surface area contributed by atoms with E-state index in [1.807, 2.05) is 0 Å². The van der Waals surface area contributed by atoms with E-state index >= 15 is 0 Å². The summed E-state index contributed by atoms with van der Waals surface area (Å²) in [5.41, 5.74) is -2.00. The number of rotatable bonds is 4. The van der Waals surface area contributed by atoms with Gasteiger partial charge in [0.2, 0.25) is 0 Å². The molecule has 0 spiro atoms. The van der Waals surface area contributed by atoms with E-state index in [4.69, 9.17) is 0 Å². The molecule has 0 aromatic carbocycles. The summed E-state index contributed by atoms with van der Waals surface area (Å²) >= 11 is 1.28. The maximum absolute atomic E-state index is 12.3. The van der Waals surface area contributed by atoms with Gasteiger partial charge in [0.25, 0.3) is 11.5 Å². The largest absolute Gasteiger partial charge is 0.480 e. The van der Waals surface area contributed by atoms with Gasteiger partial charge >= 0.3 is 5.97 Å². The van der Waals surface area contributed by atoms with Crippen LogP contribution in [-0.2, 0) is 4.79 Å². The van der Waals surface area contributed by atoms with Crippen LogP contribution in [0, 0.1) is 5.92 Å². The number of nitrogens with zero attached hydrogens (tertiary/aromatic N) is 2. The van der Waals surface area contributed by atoms with Crippen molar-refractivity contribution in [2.24, 2.45) is 5.92 Å². The topological polar surface area (TPSA) is 101 Å². The Morgan fingerprint density at radius 2 is 2.24 bits per heavy atom. The number of aromatic nitrogens is 2. The number of carbonyl (C=O) groups excluding carboxylic acids is 1. The number of carboxylic acids is 1. The molecule has 0 saturated heterocycles. The van der Waals surface area contributed by atoms with E-state index in [-0.39, 0.29) is 11.5 Å². The third kappa shape index (κ3) is 2.21. The van der Waals surface area contributed by atoms with E-state index in [9.17, 15) is 19.5 Å². The molecule has 1 fully saturated rings. The molecular formula is C13H13N3O4S. The highest BCUT2D eigenvalue weighted by molar-refractivity contribution is 7.15. The number of amides is 1. The second-order valence-corrected chi connectivity index (χ2v) is 6.14. The zero-order chi connectivity index (χ0) is 15.2. The lowest BCUT2D eigenvalue weighted by molar-refractivity contribution is -0.144. The Labute approximate surface area is 123 Å². The van der Waals surface area contributed by atoms with Crippen LogP contribution in [0.1, 0.15) is 30.1 Å². The summed E-state index contributed by atoms with van der Waals surface area (Å²) in [7, 11) is 0. The van der Waals surface area contributed by atoms with E-state index in [1.165, 1.54) is 35.1 Å². The first-order valence-corrected chi connectivity index (χ1v) is 7.32. The fraction of sp³-hybridized carbons (Fsp3) is 0.385. The summed E-state index contributed by atoms with van der Waals surface area (Å²) in [6.45, 7) is 1.47. The summed E-state index contributed by atoms with van der Waals surface area (Å²) in [6, 6.07) is 0. The van der Waals surface area contributed by atoms with Crippen LogP contribution >= 0.6 is 11.3 Å². The average Bonchev–Trinajstić information content (AvgIpc) is 3.17. The van der Waals surface area contributed by atoms with Crippen LogP contribution in [0.2, 0.25) is 0 Å². The van der Waals surface area contributed by atoms with Crippen molar-refractivity contribution in [3.8, 4) is 0 Å². The quantitative estimate of drug-likeness (QED) is 0.867. The van der Waals surface area contributed by atoms with Crippen LogP contribution in [-0.4, -0.2) is 31.9 Å². The molecule has 3 rings (SSSR count). The predicted molar refractivity (Wildman–Crippen MR) is 75.6 cm³/mol. The fourth-order valence-electron chi connectivity index (χ4n) is 2.27. The van der Waals surface area contributed by atoms with E-state index in [2.05, 4.69) is 10.3 Å².